The van der Waals surface area contributed by atoms with Crippen LogP contribution in [0.25, 0.3) is 6.08 Å². The number of hydrogen-bond acceptors (Lipinski definition) is 5. The first-order valence-corrected chi connectivity index (χ1v) is 7.31. The summed E-state index contributed by atoms with van der Waals surface area (Å²) >= 11 is 0. The van der Waals surface area contributed by atoms with Crippen LogP contribution in [0, 0.1) is 0 Å². The van der Waals surface area contributed by atoms with Crippen molar-refractivity contribution in [1.29, 1.82) is 0 Å². The number of aromatic hydroxyl groups is 2. The molecule has 0 amide bonds. The van der Waals surface area contributed by atoms with Crippen LogP contribution in [0.15, 0.2) is 36.4 Å². The fraction of sp³-hybridized carbons (Fsp3) is 0.158. The molecule has 2 aromatic rings. The molecule has 0 radical (unpaired) electrons. The minimum atomic E-state index is -0.444. The summed E-state index contributed by atoms with van der Waals surface area (Å²) in [6.45, 7) is 3.15. The van der Waals surface area contributed by atoms with Crippen molar-refractivity contribution in [3.63, 3.8) is 0 Å². The van der Waals surface area contributed by atoms with Crippen LogP contribution in [0.3, 0.4) is 0 Å². The van der Waals surface area contributed by atoms with Crippen molar-refractivity contribution < 1.29 is 24.5 Å². The molecule has 0 unspecified atom stereocenters. The minimum Gasteiger partial charge on any atom is -0.507 e. The maximum atomic E-state index is 12.8. The topological polar surface area (TPSA) is 83.8 Å². The number of rotatable bonds is 5. The molecular weight excluding hydrogens is 308 g/mol. The zero-order valence-electron chi connectivity index (χ0n) is 13.7. The molecule has 0 atom stereocenters. The lowest BCUT2D eigenvalue weighted by Crippen LogP contribution is -2.09. The molecule has 0 aliphatic carbocycles. The van der Waals surface area contributed by atoms with Crippen LogP contribution in [0.2, 0.25) is 0 Å². The molecule has 2 aromatic carbocycles. The summed E-state index contributed by atoms with van der Waals surface area (Å²) < 4.78 is 5.00. The second kappa shape index (κ2) is 7.00. The van der Waals surface area contributed by atoms with Gasteiger partial charge >= 0.3 is 0 Å². The fourth-order valence-electron chi connectivity index (χ4n) is 2.37. The maximum absolute atomic E-state index is 12.8. The number of carbonyl (C=O) groups excluding carboxylic acids is 2. The predicted molar refractivity (Wildman–Crippen MR) is 90.9 cm³/mol. The number of carbonyl (C=O) groups is 2. The molecule has 0 saturated heterocycles. The van der Waals surface area contributed by atoms with Crippen molar-refractivity contribution >= 4 is 17.6 Å². The number of hydrogen-bond donors (Lipinski definition) is 2. The quantitative estimate of drug-likeness (QED) is 0.821. The molecule has 0 aliphatic heterocycles. The van der Waals surface area contributed by atoms with Crippen LogP contribution in [0.1, 0.15) is 45.7 Å². The highest BCUT2D eigenvalue weighted by molar-refractivity contribution is 6.16. The van der Waals surface area contributed by atoms with E-state index in [0.717, 1.165) is 0 Å². The summed E-state index contributed by atoms with van der Waals surface area (Å²) in [5, 5.41) is 19.7. The van der Waals surface area contributed by atoms with Crippen LogP contribution in [0.4, 0.5) is 0 Å². The minimum absolute atomic E-state index is 0.0906. The van der Waals surface area contributed by atoms with Gasteiger partial charge < -0.3 is 14.9 Å². The largest absolute Gasteiger partial charge is 0.507 e. The van der Waals surface area contributed by atoms with Gasteiger partial charge in [-0.15, -0.1) is 0 Å². The van der Waals surface area contributed by atoms with E-state index in [0.29, 0.717) is 5.56 Å². The number of allylic oxidation sites excluding steroid dienone is 1. The summed E-state index contributed by atoms with van der Waals surface area (Å²) in [5.74, 6) is -0.755. The van der Waals surface area contributed by atoms with Gasteiger partial charge in [-0.25, -0.2) is 0 Å². The molecule has 0 heterocycles. The van der Waals surface area contributed by atoms with Crippen LogP contribution < -0.4 is 4.74 Å². The van der Waals surface area contributed by atoms with Gasteiger partial charge in [0.05, 0.1) is 7.11 Å². The van der Waals surface area contributed by atoms with Gasteiger partial charge in [0.15, 0.2) is 23.1 Å². The van der Waals surface area contributed by atoms with Crippen molar-refractivity contribution in [1.82, 2.24) is 0 Å². The summed E-state index contributed by atoms with van der Waals surface area (Å²) in [6, 6.07) is 6.93. The number of ketones is 2. The van der Waals surface area contributed by atoms with Gasteiger partial charge in [0.1, 0.15) is 5.75 Å². The monoisotopic (exact) mass is 326 g/mol. The average Bonchev–Trinajstić information content (AvgIpc) is 2.56. The Morgan fingerprint density at radius 1 is 1.04 bits per heavy atom. The van der Waals surface area contributed by atoms with Gasteiger partial charge in [-0.2, -0.15) is 0 Å². The Labute approximate surface area is 139 Å². The maximum Gasteiger partial charge on any atom is 0.194 e. The third-order valence-corrected chi connectivity index (χ3v) is 3.58. The molecule has 0 spiro atoms. The highest BCUT2D eigenvalue weighted by atomic mass is 16.5. The summed E-state index contributed by atoms with van der Waals surface area (Å²) in [5.41, 5.74) is 1.02. The van der Waals surface area contributed by atoms with Crippen LogP contribution in [-0.4, -0.2) is 28.9 Å². The Kier molecular flexibility index (Phi) is 5.04. The molecule has 0 saturated carbocycles. The van der Waals surface area contributed by atoms with E-state index >= 15 is 0 Å². The molecular formula is C19H18O5. The lowest BCUT2D eigenvalue weighted by atomic mass is 9.93. The third-order valence-electron chi connectivity index (χ3n) is 3.58. The van der Waals surface area contributed by atoms with Crippen molar-refractivity contribution in [2.75, 3.05) is 7.11 Å². The average molecular weight is 326 g/mol. The van der Waals surface area contributed by atoms with Gasteiger partial charge in [0, 0.05) is 22.3 Å². The molecule has 5 heteroatoms. The van der Waals surface area contributed by atoms with Gasteiger partial charge in [-0.05, 0) is 44.2 Å². The van der Waals surface area contributed by atoms with E-state index in [-0.39, 0.29) is 39.7 Å². The molecule has 2 rings (SSSR count). The highest BCUT2D eigenvalue weighted by Gasteiger charge is 2.20. The highest BCUT2D eigenvalue weighted by Crippen LogP contribution is 2.30. The Bertz CT molecular complexity index is 834. The number of ether oxygens (including phenoxy) is 1. The number of benzene rings is 2. The lowest BCUT2D eigenvalue weighted by molar-refractivity contribution is 0.0990. The Morgan fingerprint density at radius 3 is 2.33 bits per heavy atom. The van der Waals surface area contributed by atoms with E-state index in [2.05, 4.69) is 0 Å². The molecule has 2 N–H and O–H groups in total. The van der Waals surface area contributed by atoms with Crippen molar-refractivity contribution in [2.24, 2.45) is 0 Å². The second-order valence-corrected chi connectivity index (χ2v) is 5.23. The lowest BCUT2D eigenvalue weighted by Gasteiger charge is -2.11. The first kappa shape index (κ1) is 17.3. The zero-order chi connectivity index (χ0) is 17.9. The number of methoxy groups -OCH3 is 1. The SMILES string of the molecule is C/C=C/c1cc(C(C)=O)c(C(=O)c2ccc(O)c(OC)c2)cc1O. The number of phenols is 2. The van der Waals surface area contributed by atoms with Crippen molar-refractivity contribution in [3.8, 4) is 17.2 Å². The molecule has 0 fully saturated rings. The zero-order valence-corrected chi connectivity index (χ0v) is 13.7. The smallest absolute Gasteiger partial charge is 0.194 e. The van der Waals surface area contributed by atoms with E-state index in [4.69, 9.17) is 4.74 Å². The van der Waals surface area contributed by atoms with Gasteiger partial charge in [0.25, 0.3) is 0 Å². The van der Waals surface area contributed by atoms with Crippen LogP contribution >= 0.6 is 0 Å². The van der Waals surface area contributed by atoms with Crippen LogP contribution in [0.5, 0.6) is 17.2 Å². The molecule has 24 heavy (non-hydrogen) atoms. The Balaban J connectivity index is 2.60. The summed E-state index contributed by atoms with van der Waals surface area (Å²) in [6.07, 6.45) is 3.38. The van der Waals surface area contributed by atoms with E-state index in [1.54, 1.807) is 19.1 Å². The van der Waals surface area contributed by atoms with Crippen molar-refractivity contribution in [2.45, 2.75) is 13.8 Å². The second-order valence-electron chi connectivity index (χ2n) is 5.23. The third kappa shape index (κ3) is 3.30. The van der Waals surface area contributed by atoms with Gasteiger partial charge in [-0.3, -0.25) is 9.59 Å². The van der Waals surface area contributed by atoms with Gasteiger partial charge in [0.2, 0.25) is 0 Å². The first-order chi connectivity index (χ1) is 11.4. The molecule has 5 nitrogen and oxygen atoms in total. The standard InChI is InChI=1S/C19H18O5/c1-4-5-12-8-14(11(2)20)15(10-17(12)22)19(23)13-6-7-16(21)18(9-13)24-3/h4-10,21-22H,1-3H3/b5-4+. The van der Waals surface area contributed by atoms with Crippen molar-refractivity contribution in [3.05, 3.63) is 58.7 Å². The fourth-order valence-corrected chi connectivity index (χ4v) is 2.37. The molecule has 0 bridgehead atoms. The van der Waals surface area contributed by atoms with Crippen LogP contribution in [-0.2, 0) is 0 Å². The number of phenolic OH excluding ortho intramolecular Hbond substituents is 2. The summed E-state index contributed by atoms with van der Waals surface area (Å²) in [4.78, 5) is 24.7. The van der Waals surface area contributed by atoms with E-state index in [1.165, 1.54) is 44.4 Å². The van der Waals surface area contributed by atoms with Gasteiger partial charge in [-0.1, -0.05) is 12.2 Å². The molecule has 124 valence electrons. The normalized spacial score (nSPS) is 10.8. The molecule has 0 aromatic heterocycles. The predicted octanol–water partition coefficient (Wildman–Crippen LogP) is 3.57. The number of Topliss-reactive ketones (excluding diaryl/α,β-unsaturated/α-hetero) is 1. The first-order valence-electron chi connectivity index (χ1n) is 7.31. The Morgan fingerprint density at radius 2 is 1.75 bits per heavy atom. The molecule has 0 aliphatic rings. The Hall–Kier alpha value is -3.08. The van der Waals surface area contributed by atoms with E-state index in [1.807, 2.05) is 0 Å². The van der Waals surface area contributed by atoms with E-state index < -0.39 is 5.78 Å². The summed E-state index contributed by atoms with van der Waals surface area (Å²) in [7, 11) is 1.38. The van der Waals surface area contributed by atoms with E-state index in [9.17, 15) is 19.8 Å².